The number of hydrogen-bond donors (Lipinski definition) is 5. The Morgan fingerprint density at radius 1 is 0.726 bits per heavy atom. The van der Waals surface area contributed by atoms with Crippen molar-refractivity contribution < 1.29 is 34.1 Å². The monoisotopic (exact) mass is 832 g/mol. The molecular formula is C49H54B2N4O7. The van der Waals surface area contributed by atoms with Crippen molar-refractivity contribution >= 4 is 31.5 Å². The molecule has 7 N–H and O–H groups in total. The Hall–Kier alpha value is -5.27. The van der Waals surface area contributed by atoms with Crippen molar-refractivity contribution in [2.24, 2.45) is 11.5 Å². The van der Waals surface area contributed by atoms with Crippen molar-refractivity contribution in [2.45, 2.75) is 82.5 Å². The molecule has 4 heterocycles. The van der Waals surface area contributed by atoms with Gasteiger partial charge in [-0.25, -0.2) is 0 Å². The number of ether oxygens (including phenoxy) is 1. The molecule has 11 nitrogen and oxygen atoms in total. The molecule has 0 aromatic heterocycles. The largest absolute Gasteiger partial charge is 0.495 e. The smallest absolute Gasteiger partial charge is 0.492 e. The van der Waals surface area contributed by atoms with Crippen molar-refractivity contribution in [3.05, 3.63) is 142 Å². The van der Waals surface area contributed by atoms with Gasteiger partial charge < -0.3 is 45.7 Å². The molecule has 4 aliphatic heterocycles. The maximum atomic E-state index is 14.6. The summed E-state index contributed by atoms with van der Waals surface area (Å²) in [5.74, 6) is 0.816. The van der Waals surface area contributed by atoms with Crippen LogP contribution >= 0.6 is 0 Å². The zero-order valence-corrected chi connectivity index (χ0v) is 35.4. The minimum absolute atomic E-state index is 0.0926. The zero-order chi connectivity index (χ0) is 43.3. The average molecular weight is 833 g/mol. The van der Waals surface area contributed by atoms with Crippen molar-refractivity contribution in [1.82, 2.24) is 9.80 Å². The fourth-order valence-electron chi connectivity index (χ4n) is 10.0. The van der Waals surface area contributed by atoms with Crippen molar-refractivity contribution in [2.75, 3.05) is 26.2 Å². The van der Waals surface area contributed by atoms with Gasteiger partial charge in [-0.05, 0) is 137 Å². The van der Waals surface area contributed by atoms with Crippen LogP contribution in [0.2, 0.25) is 0 Å². The Bertz CT molecular complexity index is 2510. The molecule has 2 saturated heterocycles. The Kier molecular flexibility index (Phi) is 11.6. The Morgan fingerprint density at radius 3 is 1.87 bits per heavy atom. The molecule has 2 fully saturated rings. The summed E-state index contributed by atoms with van der Waals surface area (Å²) in [7, 11) is -2.83. The predicted molar refractivity (Wildman–Crippen MR) is 242 cm³/mol. The molecule has 1 atom stereocenters. The second kappa shape index (κ2) is 17.1. The summed E-state index contributed by atoms with van der Waals surface area (Å²) in [5, 5.41) is 31.4. The summed E-state index contributed by atoms with van der Waals surface area (Å²) in [4.78, 5) is 33.0. The molecule has 318 valence electrons. The van der Waals surface area contributed by atoms with Gasteiger partial charge in [0.25, 0.3) is 11.8 Å². The van der Waals surface area contributed by atoms with Gasteiger partial charge in [0, 0.05) is 62.4 Å². The number of fused-ring (bicyclic) bond motifs is 2. The molecule has 0 spiro atoms. The first-order chi connectivity index (χ1) is 29.9. The molecule has 9 rings (SSSR count). The number of hydrogen-bond acceptors (Lipinski definition) is 9. The minimum Gasteiger partial charge on any atom is -0.492 e. The second-order valence-electron chi connectivity index (χ2n) is 17.9. The molecule has 62 heavy (non-hydrogen) atoms. The molecule has 5 aromatic rings. The van der Waals surface area contributed by atoms with Gasteiger partial charge in [-0.2, -0.15) is 0 Å². The predicted octanol–water partition coefficient (Wildman–Crippen LogP) is 5.25. The van der Waals surface area contributed by atoms with E-state index in [0.717, 1.165) is 53.5 Å². The molecular weight excluding hydrogens is 778 g/mol. The van der Waals surface area contributed by atoms with Gasteiger partial charge in [0.1, 0.15) is 11.8 Å². The van der Waals surface area contributed by atoms with E-state index in [-0.39, 0.29) is 18.2 Å². The highest BCUT2D eigenvalue weighted by Gasteiger charge is 2.41. The lowest BCUT2D eigenvalue weighted by molar-refractivity contribution is 0.0705. The maximum Gasteiger partial charge on any atom is 0.495 e. The lowest BCUT2D eigenvalue weighted by Crippen LogP contribution is -2.38. The van der Waals surface area contributed by atoms with Crippen LogP contribution in [0.1, 0.15) is 105 Å². The van der Waals surface area contributed by atoms with Gasteiger partial charge in [0.05, 0.1) is 5.60 Å². The molecule has 13 heteroatoms. The van der Waals surface area contributed by atoms with Gasteiger partial charge in [0.15, 0.2) is 0 Å². The third-order valence-corrected chi connectivity index (χ3v) is 13.6. The summed E-state index contributed by atoms with van der Waals surface area (Å²) in [6.45, 7) is 7.14. The highest BCUT2D eigenvalue weighted by molar-refractivity contribution is 6.62. The van der Waals surface area contributed by atoms with Gasteiger partial charge >= 0.3 is 14.2 Å². The van der Waals surface area contributed by atoms with Crippen LogP contribution in [0.5, 0.6) is 5.75 Å². The fourth-order valence-corrected chi connectivity index (χ4v) is 10.0. The van der Waals surface area contributed by atoms with E-state index in [2.05, 4.69) is 24.3 Å². The van der Waals surface area contributed by atoms with Gasteiger partial charge in [-0.1, -0.05) is 66.7 Å². The number of likely N-dealkylation sites (tertiary alicyclic amines) is 2. The number of nitrogens with zero attached hydrogens (tertiary/aromatic N) is 2. The molecule has 0 radical (unpaired) electrons. The Balaban J connectivity index is 1.06. The lowest BCUT2D eigenvalue weighted by atomic mass is 9.77. The van der Waals surface area contributed by atoms with E-state index in [1.54, 1.807) is 0 Å². The molecule has 0 bridgehead atoms. The first kappa shape index (κ1) is 42.1. The SMILES string of the molecule is CC1(C)OB(O)c2cc(-c3cc(C(=O)N4CCC(c5cccc(CN)c5)CC4)cc(-c4cc5c(c(C(=O)N6CCC(c7cccc(CN)c7)CC6)c4)CC(B(O)O)O5)c3)ccc21. The minimum atomic E-state index is -1.74. The normalized spacial score (nSPS) is 18.7. The Labute approximate surface area is 363 Å². The van der Waals surface area contributed by atoms with Crippen LogP contribution in [-0.2, 0) is 29.8 Å². The van der Waals surface area contributed by atoms with Crippen molar-refractivity contribution in [1.29, 1.82) is 0 Å². The van der Waals surface area contributed by atoms with Crippen molar-refractivity contribution in [3.63, 3.8) is 0 Å². The van der Waals surface area contributed by atoms with Crippen LogP contribution in [0.15, 0.2) is 97.1 Å². The number of benzene rings is 5. The number of carbonyl (C=O) groups is 2. The summed E-state index contributed by atoms with van der Waals surface area (Å²) in [5.41, 5.74) is 21.9. The highest BCUT2D eigenvalue weighted by atomic mass is 16.5. The standard InChI is InChI=1S/C49H54B2N4O7/c1-49(2)43-10-9-36(25-44(43)51(60)62-49)37-21-38(23-40(22-37)47(56)54-15-11-32(12-16-54)34-7-3-5-30(19-34)28-52)39-24-42(41-27-46(50(58)59)61-45(41)26-39)48(57)55-17-13-33(14-18-55)35-8-4-6-31(20-35)29-53/h3-10,19-26,32-33,46,58-60H,11-18,27-29,52-53H2,1-2H3. The van der Waals surface area contributed by atoms with Gasteiger partial charge in [0.2, 0.25) is 0 Å². The highest BCUT2D eigenvalue weighted by Crippen LogP contribution is 2.41. The quantitative estimate of drug-likeness (QED) is 0.125. The number of rotatable bonds is 9. The van der Waals surface area contributed by atoms with E-state index >= 15 is 0 Å². The van der Waals surface area contributed by atoms with E-state index in [0.29, 0.717) is 90.1 Å². The van der Waals surface area contributed by atoms with E-state index in [1.165, 1.54) is 11.1 Å². The van der Waals surface area contributed by atoms with E-state index < -0.39 is 25.8 Å². The van der Waals surface area contributed by atoms with Gasteiger partial charge in [-0.3, -0.25) is 9.59 Å². The first-order valence-corrected chi connectivity index (χ1v) is 21.9. The van der Waals surface area contributed by atoms with E-state index in [4.69, 9.17) is 20.9 Å². The topological polar surface area (TPSA) is 172 Å². The van der Waals surface area contributed by atoms with Crippen LogP contribution < -0.4 is 21.7 Å². The van der Waals surface area contributed by atoms with Crippen LogP contribution in [0.3, 0.4) is 0 Å². The summed E-state index contributed by atoms with van der Waals surface area (Å²) in [6.07, 6.45) is 3.43. The van der Waals surface area contributed by atoms with Crippen LogP contribution in [0, 0.1) is 0 Å². The third kappa shape index (κ3) is 8.21. The molecule has 2 amide bonds. The van der Waals surface area contributed by atoms with Crippen LogP contribution in [0.4, 0.5) is 0 Å². The third-order valence-electron chi connectivity index (χ3n) is 13.6. The first-order valence-electron chi connectivity index (χ1n) is 21.9. The summed E-state index contributed by atoms with van der Waals surface area (Å²) >= 11 is 0. The van der Waals surface area contributed by atoms with E-state index in [9.17, 15) is 24.7 Å². The molecule has 0 aliphatic carbocycles. The van der Waals surface area contributed by atoms with Crippen LogP contribution in [0.25, 0.3) is 22.3 Å². The summed E-state index contributed by atoms with van der Waals surface area (Å²) in [6, 6.07) is 31.2. The van der Waals surface area contributed by atoms with E-state index in [1.807, 2.05) is 96.4 Å². The zero-order valence-electron chi connectivity index (χ0n) is 35.4. The van der Waals surface area contributed by atoms with Gasteiger partial charge in [-0.15, -0.1) is 0 Å². The number of nitrogens with two attached hydrogens (primary N) is 2. The van der Waals surface area contributed by atoms with Crippen molar-refractivity contribution in [3.8, 4) is 28.0 Å². The second-order valence-corrected chi connectivity index (χ2v) is 17.9. The average Bonchev–Trinajstić information content (AvgIpc) is 3.85. The molecule has 4 aliphatic rings. The number of carbonyl (C=O) groups excluding carboxylic acids is 2. The molecule has 0 saturated carbocycles. The summed E-state index contributed by atoms with van der Waals surface area (Å²) < 4.78 is 12.0. The molecule has 1 unspecified atom stereocenters. The number of piperidine rings is 2. The number of amides is 2. The maximum absolute atomic E-state index is 14.6. The molecule has 5 aromatic carbocycles. The Morgan fingerprint density at radius 2 is 1.29 bits per heavy atom. The van der Waals surface area contributed by atoms with Crippen LogP contribution in [-0.4, -0.2) is 83.1 Å². The fraction of sp³-hybridized carbons (Fsp3) is 0.347. The lowest BCUT2D eigenvalue weighted by Gasteiger charge is -2.33.